The van der Waals surface area contributed by atoms with Gasteiger partial charge in [0.2, 0.25) is 11.8 Å². The smallest absolute Gasteiger partial charge is 0.236 e. The third kappa shape index (κ3) is 5.07. The van der Waals surface area contributed by atoms with E-state index in [9.17, 15) is 9.59 Å². The first-order valence-electron chi connectivity index (χ1n) is 9.75. The molecule has 1 aliphatic carbocycles. The van der Waals surface area contributed by atoms with Crippen molar-refractivity contribution in [1.29, 1.82) is 0 Å². The summed E-state index contributed by atoms with van der Waals surface area (Å²) in [6, 6.07) is 0. The molecule has 1 atom stereocenters. The minimum absolute atomic E-state index is 0. The molecule has 27 heavy (non-hydrogen) atoms. The quantitative estimate of drug-likeness (QED) is 0.704. The minimum atomic E-state index is 0. The van der Waals surface area contributed by atoms with Crippen molar-refractivity contribution < 1.29 is 14.3 Å². The zero-order valence-corrected chi connectivity index (χ0v) is 17.5. The summed E-state index contributed by atoms with van der Waals surface area (Å²) in [4.78, 5) is 31.4. The number of piperidine rings is 1. The summed E-state index contributed by atoms with van der Waals surface area (Å²) in [5, 5.41) is 3.39. The number of ether oxygens (including phenoxy) is 1. The Bertz CT molecular complexity index is 517. The summed E-state index contributed by atoms with van der Waals surface area (Å²) in [6.07, 6.45) is 3.35. The number of halogens is 2. The fourth-order valence-corrected chi connectivity index (χ4v) is 4.62. The monoisotopic (exact) mass is 422 g/mol. The second-order valence-corrected chi connectivity index (χ2v) is 7.96. The zero-order chi connectivity index (χ0) is 17.3. The molecule has 2 amide bonds. The lowest BCUT2D eigenvalue weighted by Gasteiger charge is -2.37. The third-order valence-corrected chi connectivity index (χ3v) is 6.49. The first-order chi connectivity index (χ1) is 12.2. The van der Waals surface area contributed by atoms with E-state index in [1.54, 1.807) is 0 Å². The van der Waals surface area contributed by atoms with Crippen LogP contribution in [0.15, 0.2) is 0 Å². The van der Waals surface area contributed by atoms with Gasteiger partial charge in [-0.25, -0.2) is 0 Å². The van der Waals surface area contributed by atoms with Gasteiger partial charge in [-0.1, -0.05) is 0 Å². The number of morpholine rings is 1. The Morgan fingerprint density at radius 3 is 2.15 bits per heavy atom. The molecule has 9 heteroatoms. The molecular formula is C18H32Cl2N4O3. The Hall–Kier alpha value is -0.600. The Morgan fingerprint density at radius 1 is 0.926 bits per heavy atom. The number of nitrogens with one attached hydrogen (secondary N) is 1. The Labute approximate surface area is 173 Å². The van der Waals surface area contributed by atoms with Gasteiger partial charge in [-0.3, -0.25) is 14.5 Å². The molecular weight excluding hydrogens is 391 g/mol. The minimum Gasteiger partial charge on any atom is -0.379 e. The lowest BCUT2D eigenvalue weighted by atomic mass is 9.91. The number of nitrogens with zero attached hydrogens (tertiary/aromatic N) is 3. The van der Waals surface area contributed by atoms with Gasteiger partial charge in [-0.2, -0.15) is 0 Å². The lowest BCUT2D eigenvalue weighted by Crippen LogP contribution is -2.54. The number of carbonyl (C=O) groups is 2. The van der Waals surface area contributed by atoms with Crippen LogP contribution in [0.25, 0.3) is 0 Å². The van der Waals surface area contributed by atoms with Crippen LogP contribution in [0.5, 0.6) is 0 Å². The van der Waals surface area contributed by atoms with Crippen molar-refractivity contribution >= 4 is 36.6 Å². The van der Waals surface area contributed by atoms with Crippen molar-refractivity contribution in [2.45, 2.75) is 19.3 Å². The standard InChI is InChI=1S/C18H30N4O3.2ClH/c23-16(14-20-9-11-25-12-10-20)21-5-7-22(8-6-21)17(24)15-13-18(15)1-3-19-4-2-18;;/h15,19H,1-14H2;2*1H. The molecule has 1 spiro atoms. The summed E-state index contributed by atoms with van der Waals surface area (Å²) in [5.41, 5.74) is 0.297. The van der Waals surface area contributed by atoms with Gasteiger partial charge < -0.3 is 19.9 Å². The molecule has 0 radical (unpaired) electrons. The fourth-order valence-electron chi connectivity index (χ4n) is 4.62. The highest BCUT2D eigenvalue weighted by Gasteiger charge is 2.58. The van der Waals surface area contributed by atoms with Gasteiger partial charge in [0.1, 0.15) is 0 Å². The molecule has 4 rings (SSSR count). The number of hydrogen-bond acceptors (Lipinski definition) is 5. The molecule has 1 N–H and O–H groups in total. The van der Waals surface area contributed by atoms with E-state index in [1.807, 2.05) is 9.80 Å². The fraction of sp³-hybridized carbons (Fsp3) is 0.889. The van der Waals surface area contributed by atoms with Crippen molar-refractivity contribution in [3.05, 3.63) is 0 Å². The maximum absolute atomic E-state index is 12.8. The first kappa shape index (κ1) is 22.7. The maximum atomic E-state index is 12.8. The molecule has 0 bridgehead atoms. The van der Waals surface area contributed by atoms with E-state index in [1.165, 1.54) is 0 Å². The van der Waals surface area contributed by atoms with E-state index >= 15 is 0 Å². The van der Waals surface area contributed by atoms with E-state index in [2.05, 4.69) is 10.2 Å². The topological polar surface area (TPSA) is 65.1 Å². The molecule has 4 aliphatic rings. The molecule has 3 saturated heterocycles. The molecule has 0 aromatic rings. The van der Waals surface area contributed by atoms with Gasteiger partial charge in [-0.05, 0) is 37.8 Å². The average Bonchev–Trinajstić information content (AvgIpc) is 3.35. The maximum Gasteiger partial charge on any atom is 0.236 e. The first-order valence-corrected chi connectivity index (χ1v) is 9.75. The van der Waals surface area contributed by atoms with Gasteiger partial charge in [0, 0.05) is 45.2 Å². The van der Waals surface area contributed by atoms with E-state index in [0.717, 1.165) is 45.4 Å². The molecule has 156 valence electrons. The van der Waals surface area contributed by atoms with Crippen molar-refractivity contribution in [1.82, 2.24) is 20.0 Å². The van der Waals surface area contributed by atoms with Crippen molar-refractivity contribution in [3.8, 4) is 0 Å². The SMILES string of the molecule is Cl.Cl.O=C(CN1CCOCC1)N1CCN(C(=O)C2CC23CCNCC3)CC1. The third-order valence-electron chi connectivity index (χ3n) is 6.49. The molecule has 0 aromatic carbocycles. The van der Waals surface area contributed by atoms with Crippen LogP contribution in [-0.4, -0.2) is 98.6 Å². The summed E-state index contributed by atoms with van der Waals surface area (Å²) in [7, 11) is 0. The Balaban J connectivity index is 0.00000131. The number of piperazine rings is 1. The second kappa shape index (κ2) is 9.74. The average molecular weight is 423 g/mol. The Kier molecular flexibility index (Phi) is 8.19. The molecule has 3 aliphatic heterocycles. The van der Waals surface area contributed by atoms with E-state index in [0.29, 0.717) is 57.3 Å². The predicted molar refractivity (Wildman–Crippen MR) is 108 cm³/mol. The van der Waals surface area contributed by atoms with Gasteiger partial charge >= 0.3 is 0 Å². The van der Waals surface area contributed by atoms with Crippen LogP contribution >= 0.6 is 24.8 Å². The van der Waals surface area contributed by atoms with E-state index < -0.39 is 0 Å². The van der Waals surface area contributed by atoms with Crippen molar-refractivity contribution in [2.24, 2.45) is 11.3 Å². The van der Waals surface area contributed by atoms with Crippen LogP contribution in [0.1, 0.15) is 19.3 Å². The molecule has 1 saturated carbocycles. The van der Waals surface area contributed by atoms with Crippen molar-refractivity contribution in [3.63, 3.8) is 0 Å². The molecule has 4 fully saturated rings. The molecule has 7 nitrogen and oxygen atoms in total. The highest BCUT2D eigenvalue weighted by Crippen LogP contribution is 2.59. The van der Waals surface area contributed by atoms with Gasteiger partial charge in [-0.15, -0.1) is 24.8 Å². The van der Waals surface area contributed by atoms with Crippen LogP contribution in [0.3, 0.4) is 0 Å². The van der Waals surface area contributed by atoms with E-state index in [4.69, 9.17) is 4.74 Å². The van der Waals surface area contributed by atoms with Crippen LogP contribution < -0.4 is 5.32 Å². The second-order valence-electron chi connectivity index (χ2n) is 7.96. The summed E-state index contributed by atoms with van der Waals surface area (Å²) in [6.45, 7) is 8.43. The van der Waals surface area contributed by atoms with E-state index in [-0.39, 0.29) is 36.6 Å². The van der Waals surface area contributed by atoms with Gasteiger partial charge in [0.05, 0.1) is 19.8 Å². The predicted octanol–water partition coefficient (Wildman–Crippen LogP) is 0.223. The number of amides is 2. The van der Waals surface area contributed by atoms with Gasteiger partial charge in [0.25, 0.3) is 0 Å². The summed E-state index contributed by atoms with van der Waals surface area (Å²) >= 11 is 0. The largest absolute Gasteiger partial charge is 0.379 e. The zero-order valence-electron chi connectivity index (χ0n) is 15.9. The lowest BCUT2D eigenvalue weighted by molar-refractivity contribution is -0.142. The summed E-state index contributed by atoms with van der Waals surface area (Å²) in [5.74, 6) is 0.766. The van der Waals surface area contributed by atoms with Crippen LogP contribution in [0.2, 0.25) is 0 Å². The summed E-state index contributed by atoms with van der Waals surface area (Å²) < 4.78 is 5.33. The molecule has 3 heterocycles. The highest BCUT2D eigenvalue weighted by atomic mass is 35.5. The number of hydrogen-bond donors (Lipinski definition) is 1. The number of rotatable bonds is 3. The highest BCUT2D eigenvalue weighted by molar-refractivity contribution is 5.85. The Morgan fingerprint density at radius 2 is 1.52 bits per heavy atom. The normalized spacial score (nSPS) is 27.5. The number of carbonyl (C=O) groups excluding carboxylic acids is 2. The van der Waals surface area contributed by atoms with Gasteiger partial charge in [0.15, 0.2) is 0 Å². The van der Waals surface area contributed by atoms with Crippen LogP contribution in [-0.2, 0) is 14.3 Å². The van der Waals surface area contributed by atoms with Crippen molar-refractivity contribution in [2.75, 3.05) is 72.1 Å². The molecule has 0 aromatic heterocycles. The molecule has 1 unspecified atom stereocenters. The van der Waals surface area contributed by atoms with Crippen LogP contribution in [0.4, 0.5) is 0 Å². The van der Waals surface area contributed by atoms with Crippen LogP contribution in [0, 0.1) is 11.3 Å².